The third-order valence-corrected chi connectivity index (χ3v) is 3.48. The van der Waals surface area contributed by atoms with Crippen molar-refractivity contribution in [3.05, 3.63) is 18.2 Å². The van der Waals surface area contributed by atoms with Crippen molar-refractivity contribution in [3.63, 3.8) is 0 Å². The first-order chi connectivity index (χ1) is 9.15. The van der Waals surface area contributed by atoms with E-state index in [0.717, 1.165) is 25.8 Å². The Morgan fingerprint density at radius 2 is 2.26 bits per heavy atom. The lowest BCUT2D eigenvalue weighted by atomic mass is 10.0. The van der Waals surface area contributed by atoms with Crippen molar-refractivity contribution in [2.45, 2.75) is 25.3 Å². The van der Waals surface area contributed by atoms with E-state index in [9.17, 15) is 4.79 Å². The Hall–Kier alpha value is -2.24. The van der Waals surface area contributed by atoms with Gasteiger partial charge in [0, 0.05) is 12.2 Å². The normalized spacial score (nSPS) is 19.8. The third-order valence-electron chi connectivity index (χ3n) is 3.48. The van der Waals surface area contributed by atoms with Gasteiger partial charge in [0.1, 0.15) is 11.6 Å². The van der Waals surface area contributed by atoms with Gasteiger partial charge in [0.15, 0.2) is 5.58 Å². The fourth-order valence-electron chi connectivity index (χ4n) is 2.51. The maximum absolute atomic E-state index is 11.5. The molecule has 0 saturated carbocycles. The molecule has 4 N–H and O–H groups in total. The predicted octanol–water partition coefficient (Wildman–Crippen LogP) is 1.25. The maximum atomic E-state index is 11.5. The molecule has 6 nitrogen and oxygen atoms in total. The number of carbonyl (C=O) groups excluding carboxylic acids is 1. The summed E-state index contributed by atoms with van der Waals surface area (Å²) in [5.41, 5.74) is 13.2. The highest BCUT2D eigenvalue weighted by atomic mass is 16.4. The van der Waals surface area contributed by atoms with Gasteiger partial charge in [0.2, 0.25) is 5.91 Å². The van der Waals surface area contributed by atoms with E-state index >= 15 is 0 Å². The van der Waals surface area contributed by atoms with Gasteiger partial charge in [-0.25, -0.2) is 0 Å². The van der Waals surface area contributed by atoms with Crippen LogP contribution in [0.4, 0.5) is 11.7 Å². The molecule has 1 aliphatic rings. The minimum Gasteiger partial charge on any atom is -0.423 e. The first-order valence-electron chi connectivity index (χ1n) is 6.37. The lowest BCUT2D eigenvalue weighted by Gasteiger charge is -2.32. The van der Waals surface area contributed by atoms with Crippen LogP contribution in [0.25, 0.3) is 11.1 Å². The number of anilines is 2. The van der Waals surface area contributed by atoms with Gasteiger partial charge in [-0.1, -0.05) is 0 Å². The van der Waals surface area contributed by atoms with Crippen molar-refractivity contribution in [1.82, 2.24) is 4.98 Å². The van der Waals surface area contributed by atoms with Crippen LogP contribution in [0.5, 0.6) is 0 Å². The van der Waals surface area contributed by atoms with Crippen LogP contribution in [0, 0.1) is 0 Å². The fraction of sp³-hybridized carbons (Fsp3) is 0.385. The number of fused-ring (bicyclic) bond motifs is 1. The maximum Gasteiger partial charge on any atom is 0.299 e. The van der Waals surface area contributed by atoms with Gasteiger partial charge >= 0.3 is 0 Å². The van der Waals surface area contributed by atoms with Crippen LogP contribution < -0.4 is 16.4 Å². The Kier molecular flexibility index (Phi) is 2.77. The Morgan fingerprint density at radius 3 is 3.05 bits per heavy atom. The second kappa shape index (κ2) is 4.46. The monoisotopic (exact) mass is 260 g/mol. The van der Waals surface area contributed by atoms with E-state index in [2.05, 4.69) is 4.98 Å². The summed E-state index contributed by atoms with van der Waals surface area (Å²) in [5.74, 6) is -0.332. The number of rotatable bonds is 2. The molecule has 1 aromatic heterocycles. The molecule has 0 aliphatic carbocycles. The van der Waals surface area contributed by atoms with Crippen molar-refractivity contribution in [2.24, 2.45) is 5.73 Å². The van der Waals surface area contributed by atoms with Gasteiger partial charge in [-0.3, -0.25) is 4.79 Å². The number of nitrogens with two attached hydrogens (primary N) is 2. The van der Waals surface area contributed by atoms with Crippen LogP contribution in [0.3, 0.4) is 0 Å². The molecular formula is C13H16N4O2. The molecule has 1 atom stereocenters. The minimum atomic E-state index is -0.334. The smallest absolute Gasteiger partial charge is 0.299 e. The lowest BCUT2D eigenvalue weighted by Crippen LogP contribution is -2.48. The molecular weight excluding hydrogens is 244 g/mol. The number of nitrogens with zero attached hydrogens (tertiary/aromatic N) is 2. The molecule has 1 amide bonds. The number of amides is 1. The number of piperidine rings is 1. The second-order valence-corrected chi connectivity index (χ2v) is 4.83. The van der Waals surface area contributed by atoms with E-state index in [0.29, 0.717) is 22.8 Å². The zero-order chi connectivity index (χ0) is 13.4. The second-order valence-electron chi connectivity index (χ2n) is 4.83. The largest absolute Gasteiger partial charge is 0.423 e. The van der Waals surface area contributed by atoms with E-state index in [-0.39, 0.29) is 11.9 Å². The average molecular weight is 260 g/mol. The van der Waals surface area contributed by atoms with Crippen LogP contribution in [-0.4, -0.2) is 23.5 Å². The van der Waals surface area contributed by atoms with Crippen molar-refractivity contribution in [1.29, 1.82) is 0 Å². The molecule has 0 radical (unpaired) electrons. The van der Waals surface area contributed by atoms with E-state index < -0.39 is 0 Å². The van der Waals surface area contributed by atoms with E-state index in [4.69, 9.17) is 15.9 Å². The summed E-state index contributed by atoms with van der Waals surface area (Å²) in [6, 6.07) is 5.41. The summed E-state index contributed by atoms with van der Waals surface area (Å²) >= 11 is 0. The molecule has 1 fully saturated rings. The molecule has 2 aromatic rings. The summed E-state index contributed by atoms with van der Waals surface area (Å²) in [6.45, 7) is 0.732. The molecule has 1 unspecified atom stereocenters. The third kappa shape index (κ3) is 2.09. The summed E-state index contributed by atoms with van der Waals surface area (Å²) in [7, 11) is 0. The quantitative estimate of drug-likeness (QED) is 0.792. The molecule has 1 aromatic carbocycles. The summed E-state index contributed by atoms with van der Waals surface area (Å²) in [6.07, 6.45) is 2.75. The summed E-state index contributed by atoms with van der Waals surface area (Å²) in [4.78, 5) is 17.7. The Labute approximate surface area is 110 Å². The molecule has 3 rings (SSSR count). The van der Waals surface area contributed by atoms with Crippen molar-refractivity contribution in [3.8, 4) is 0 Å². The minimum absolute atomic E-state index is 0.332. The Bertz CT molecular complexity index is 622. The molecule has 1 saturated heterocycles. The van der Waals surface area contributed by atoms with Crippen LogP contribution in [0.1, 0.15) is 19.3 Å². The highest BCUT2D eigenvalue weighted by Gasteiger charge is 2.30. The van der Waals surface area contributed by atoms with E-state index in [1.54, 1.807) is 18.2 Å². The van der Waals surface area contributed by atoms with Crippen molar-refractivity contribution in [2.75, 3.05) is 17.2 Å². The molecule has 19 heavy (non-hydrogen) atoms. The van der Waals surface area contributed by atoms with Gasteiger partial charge in [-0.2, -0.15) is 4.98 Å². The number of primary amides is 1. The number of aromatic nitrogens is 1. The topological polar surface area (TPSA) is 98.4 Å². The average Bonchev–Trinajstić information content (AvgIpc) is 2.81. The number of oxazole rings is 1. The summed E-state index contributed by atoms with van der Waals surface area (Å²) < 4.78 is 5.69. The predicted molar refractivity (Wildman–Crippen MR) is 72.6 cm³/mol. The van der Waals surface area contributed by atoms with Gasteiger partial charge in [0.05, 0.1) is 0 Å². The molecule has 100 valence electrons. The van der Waals surface area contributed by atoms with Crippen LogP contribution in [0.15, 0.2) is 22.6 Å². The van der Waals surface area contributed by atoms with E-state index in [1.807, 2.05) is 4.90 Å². The first-order valence-corrected chi connectivity index (χ1v) is 6.37. The molecule has 1 aliphatic heterocycles. The molecule has 6 heteroatoms. The van der Waals surface area contributed by atoms with Crippen LogP contribution in [-0.2, 0) is 4.79 Å². The zero-order valence-corrected chi connectivity index (χ0v) is 10.5. The lowest BCUT2D eigenvalue weighted by molar-refractivity contribution is -0.119. The highest BCUT2D eigenvalue weighted by molar-refractivity contribution is 5.84. The van der Waals surface area contributed by atoms with Gasteiger partial charge in [0.25, 0.3) is 6.01 Å². The Balaban J connectivity index is 1.99. The number of carbonyl (C=O) groups is 1. The van der Waals surface area contributed by atoms with Crippen molar-refractivity contribution >= 4 is 28.7 Å². The Morgan fingerprint density at radius 1 is 1.42 bits per heavy atom. The highest BCUT2D eigenvalue weighted by Crippen LogP contribution is 2.28. The van der Waals surface area contributed by atoms with Crippen LogP contribution >= 0.6 is 0 Å². The molecule has 0 spiro atoms. The molecule has 0 bridgehead atoms. The van der Waals surface area contributed by atoms with E-state index in [1.165, 1.54) is 0 Å². The number of hydrogen-bond donors (Lipinski definition) is 2. The fourth-order valence-corrected chi connectivity index (χ4v) is 2.51. The summed E-state index contributed by atoms with van der Waals surface area (Å²) in [5, 5.41) is 0. The number of hydrogen-bond acceptors (Lipinski definition) is 5. The van der Waals surface area contributed by atoms with Crippen LogP contribution in [0.2, 0.25) is 0 Å². The van der Waals surface area contributed by atoms with Gasteiger partial charge in [-0.15, -0.1) is 0 Å². The SMILES string of the molecule is NC(=O)C1CCCCN1c1nc2cc(N)ccc2o1. The zero-order valence-electron chi connectivity index (χ0n) is 10.5. The first kappa shape index (κ1) is 11.8. The molecule has 2 heterocycles. The van der Waals surface area contributed by atoms with Gasteiger partial charge in [-0.05, 0) is 37.5 Å². The number of benzene rings is 1. The van der Waals surface area contributed by atoms with Gasteiger partial charge < -0.3 is 20.8 Å². The van der Waals surface area contributed by atoms with Crippen molar-refractivity contribution < 1.29 is 9.21 Å². The standard InChI is InChI=1S/C13H16N4O2/c14-8-4-5-11-9(7-8)16-13(19-11)17-6-2-1-3-10(17)12(15)18/h4-5,7,10H,1-3,6,14H2,(H2,15,18). The number of nitrogen functional groups attached to an aromatic ring is 1.